The third-order valence-corrected chi connectivity index (χ3v) is 6.61. The second-order valence-electron chi connectivity index (χ2n) is 7.67. The fraction of sp³-hybridized carbons (Fsp3) is 0.0800. The standard InChI is InChI=1S/C25H17Cl3N4O/c1-32-14-30-13-21(32)25(33,16-4-7-18(26)8-5-16)17-6-9-20-19(11-17)23(27)22(24(28)31-20)15-3-2-10-29-12-15/h2-14,33H,1H3. The predicted octanol–water partition coefficient (Wildman–Crippen LogP) is 6.27. The number of hydrogen-bond acceptors (Lipinski definition) is 4. The van der Waals surface area contributed by atoms with Crippen LogP contribution in [-0.2, 0) is 12.6 Å². The molecule has 5 aromatic rings. The van der Waals surface area contributed by atoms with Crippen LogP contribution in [0, 0.1) is 0 Å². The summed E-state index contributed by atoms with van der Waals surface area (Å²) in [6.07, 6.45) is 6.65. The fourth-order valence-electron chi connectivity index (χ4n) is 4.04. The Morgan fingerprint density at radius 3 is 2.33 bits per heavy atom. The third-order valence-electron chi connectivity index (χ3n) is 5.69. The molecule has 5 rings (SSSR count). The highest BCUT2D eigenvalue weighted by Gasteiger charge is 2.37. The Balaban J connectivity index is 1.78. The average Bonchev–Trinajstić information content (AvgIpc) is 3.26. The molecule has 0 aliphatic rings. The van der Waals surface area contributed by atoms with Crippen molar-refractivity contribution in [3.05, 3.63) is 112 Å². The van der Waals surface area contributed by atoms with Crippen molar-refractivity contribution in [3.8, 4) is 11.1 Å². The minimum absolute atomic E-state index is 0.285. The molecule has 0 aliphatic carbocycles. The number of aromatic nitrogens is 4. The van der Waals surface area contributed by atoms with Gasteiger partial charge in [0.25, 0.3) is 0 Å². The highest BCUT2D eigenvalue weighted by atomic mass is 35.5. The van der Waals surface area contributed by atoms with Crippen molar-refractivity contribution < 1.29 is 5.11 Å². The molecule has 1 unspecified atom stereocenters. The summed E-state index contributed by atoms with van der Waals surface area (Å²) in [6.45, 7) is 0. The highest BCUT2D eigenvalue weighted by molar-refractivity contribution is 6.42. The Kier molecular flexibility index (Phi) is 5.59. The maximum atomic E-state index is 12.2. The lowest BCUT2D eigenvalue weighted by atomic mass is 9.83. The monoisotopic (exact) mass is 494 g/mol. The zero-order valence-electron chi connectivity index (χ0n) is 17.4. The number of benzene rings is 2. The number of fused-ring (bicyclic) bond motifs is 1. The lowest BCUT2D eigenvalue weighted by molar-refractivity contribution is 0.117. The maximum Gasteiger partial charge on any atom is 0.156 e. The van der Waals surface area contributed by atoms with Gasteiger partial charge in [-0.2, -0.15) is 0 Å². The molecule has 3 aromatic heterocycles. The summed E-state index contributed by atoms with van der Waals surface area (Å²) in [7, 11) is 1.83. The van der Waals surface area contributed by atoms with Crippen LogP contribution in [0.2, 0.25) is 15.2 Å². The molecule has 0 saturated heterocycles. The molecule has 0 radical (unpaired) electrons. The van der Waals surface area contributed by atoms with Crippen LogP contribution in [0.3, 0.4) is 0 Å². The van der Waals surface area contributed by atoms with E-state index in [4.69, 9.17) is 34.8 Å². The van der Waals surface area contributed by atoms with Gasteiger partial charge < -0.3 is 9.67 Å². The van der Waals surface area contributed by atoms with E-state index in [0.717, 1.165) is 5.56 Å². The minimum atomic E-state index is -1.51. The fourth-order valence-corrected chi connectivity index (χ4v) is 4.86. The number of aryl methyl sites for hydroxylation is 1. The first-order valence-corrected chi connectivity index (χ1v) is 11.2. The molecule has 33 heavy (non-hydrogen) atoms. The van der Waals surface area contributed by atoms with E-state index in [-0.39, 0.29) is 5.15 Å². The van der Waals surface area contributed by atoms with Crippen molar-refractivity contribution in [2.45, 2.75) is 5.60 Å². The molecular weight excluding hydrogens is 479 g/mol. The third kappa shape index (κ3) is 3.67. The van der Waals surface area contributed by atoms with Crippen LogP contribution in [0.15, 0.2) is 79.5 Å². The van der Waals surface area contributed by atoms with Crippen molar-refractivity contribution in [1.29, 1.82) is 0 Å². The number of nitrogens with zero attached hydrogens (tertiary/aromatic N) is 4. The molecule has 0 fully saturated rings. The van der Waals surface area contributed by atoms with Crippen molar-refractivity contribution in [1.82, 2.24) is 19.5 Å². The van der Waals surface area contributed by atoms with E-state index >= 15 is 0 Å². The van der Waals surface area contributed by atoms with Crippen LogP contribution < -0.4 is 0 Å². The number of hydrogen-bond donors (Lipinski definition) is 1. The van der Waals surface area contributed by atoms with E-state index in [1.165, 1.54) is 0 Å². The molecule has 8 heteroatoms. The summed E-state index contributed by atoms with van der Waals surface area (Å²) in [5.41, 5.74) is 2.28. The van der Waals surface area contributed by atoms with Gasteiger partial charge in [0.2, 0.25) is 0 Å². The molecule has 164 valence electrons. The van der Waals surface area contributed by atoms with Gasteiger partial charge in [0.1, 0.15) is 5.15 Å². The van der Waals surface area contributed by atoms with Crippen LogP contribution in [0.25, 0.3) is 22.0 Å². The van der Waals surface area contributed by atoms with Gasteiger partial charge in [0.15, 0.2) is 5.60 Å². The number of pyridine rings is 2. The van der Waals surface area contributed by atoms with E-state index in [0.29, 0.717) is 43.3 Å². The summed E-state index contributed by atoms with van der Waals surface area (Å²) in [4.78, 5) is 12.9. The Labute approximate surface area is 205 Å². The Morgan fingerprint density at radius 1 is 0.909 bits per heavy atom. The van der Waals surface area contributed by atoms with Crippen LogP contribution in [0.1, 0.15) is 16.8 Å². The molecule has 0 spiro atoms. The molecule has 0 aliphatic heterocycles. The van der Waals surface area contributed by atoms with Gasteiger partial charge in [-0.1, -0.05) is 59.1 Å². The molecule has 2 aromatic carbocycles. The summed E-state index contributed by atoms with van der Waals surface area (Å²) in [5.74, 6) is 0. The highest BCUT2D eigenvalue weighted by Crippen LogP contribution is 2.42. The van der Waals surface area contributed by atoms with Gasteiger partial charge in [0.05, 0.1) is 28.8 Å². The van der Waals surface area contributed by atoms with Crippen molar-refractivity contribution in [2.75, 3.05) is 0 Å². The number of imidazole rings is 1. The van der Waals surface area contributed by atoms with Crippen LogP contribution in [0.5, 0.6) is 0 Å². The Hall–Kier alpha value is -2.96. The maximum absolute atomic E-state index is 12.2. The Bertz CT molecular complexity index is 1470. The van der Waals surface area contributed by atoms with E-state index < -0.39 is 5.60 Å². The second kappa shape index (κ2) is 8.43. The molecule has 1 N–H and O–H groups in total. The van der Waals surface area contributed by atoms with E-state index in [1.807, 2.05) is 31.3 Å². The van der Waals surface area contributed by atoms with Crippen LogP contribution in [0.4, 0.5) is 0 Å². The quantitative estimate of drug-likeness (QED) is 0.298. The van der Waals surface area contributed by atoms with Gasteiger partial charge in [-0.25, -0.2) is 9.97 Å². The van der Waals surface area contributed by atoms with Gasteiger partial charge >= 0.3 is 0 Å². The summed E-state index contributed by atoms with van der Waals surface area (Å²) < 4.78 is 1.78. The normalized spacial score (nSPS) is 13.2. The van der Waals surface area contributed by atoms with E-state index in [1.54, 1.807) is 59.8 Å². The summed E-state index contributed by atoms with van der Waals surface area (Å²) in [6, 6.07) is 16.2. The molecule has 0 bridgehead atoms. The van der Waals surface area contributed by atoms with Crippen LogP contribution >= 0.6 is 34.8 Å². The molecule has 0 saturated carbocycles. The van der Waals surface area contributed by atoms with Gasteiger partial charge in [0, 0.05) is 41.0 Å². The van der Waals surface area contributed by atoms with Gasteiger partial charge in [-0.05, 0) is 41.5 Å². The lowest BCUT2D eigenvalue weighted by Crippen LogP contribution is -2.31. The van der Waals surface area contributed by atoms with Gasteiger partial charge in [-0.15, -0.1) is 0 Å². The largest absolute Gasteiger partial charge is 0.374 e. The smallest absolute Gasteiger partial charge is 0.156 e. The van der Waals surface area contributed by atoms with Crippen molar-refractivity contribution in [3.63, 3.8) is 0 Å². The molecule has 0 amide bonds. The number of aliphatic hydroxyl groups is 1. The zero-order chi connectivity index (χ0) is 23.2. The summed E-state index contributed by atoms with van der Waals surface area (Å²) >= 11 is 19.5. The Morgan fingerprint density at radius 2 is 1.67 bits per heavy atom. The average molecular weight is 496 g/mol. The molecule has 5 nitrogen and oxygen atoms in total. The van der Waals surface area contributed by atoms with Crippen LogP contribution in [-0.4, -0.2) is 24.6 Å². The van der Waals surface area contributed by atoms with Crippen molar-refractivity contribution >= 4 is 45.7 Å². The summed E-state index contributed by atoms with van der Waals surface area (Å²) in [5, 5.41) is 14.1. The zero-order valence-corrected chi connectivity index (χ0v) is 19.6. The minimum Gasteiger partial charge on any atom is -0.374 e. The molecular formula is C25H17Cl3N4O. The SMILES string of the molecule is Cn1cncc1C(O)(c1ccc(Cl)cc1)c1ccc2nc(Cl)c(-c3cccnc3)c(Cl)c2c1. The number of halogens is 3. The van der Waals surface area contributed by atoms with E-state index in [2.05, 4.69) is 15.0 Å². The topological polar surface area (TPSA) is 63.8 Å². The van der Waals surface area contributed by atoms with Gasteiger partial charge in [-0.3, -0.25) is 4.98 Å². The molecule has 3 heterocycles. The molecule has 1 atom stereocenters. The van der Waals surface area contributed by atoms with Crippen molar-refractivity contribution in [2.24, 2.45) is 7.05 Å². The first-order valence-electron chi connectivity index (χ1n) is 10.0. The predicted molar refractivity (Wildman–Crippen MR) is 132 cm³/mol. The first kappa shape index (κ1) is 21.9. The second-order valence-corrected chi connectivity index (χ2v) is 8.84. The van der Waals surface area contributed by atoms with E-state index in [9.17, 15) is 5.11 Å². The lowest BCUT2D eigenvalue weighted by Gasteiger charge is -2.30. The first-order chi connectivity index (χ1) is 15.9. The number of rotatable bonds is 4.